The molecule has 0 saturated carbocycles. The molecule has 0 bridgehead atoms. The van der Waals surface area contributed by atoms with Gasteiger partial charge in [-0.1, -0.05) is 27.7 Å². The molecule has 0 aliphatic carbocycles. The van der Waals surface area contributed by atoms with Gasteiger partial charge in [-0.25, -0.2) is 13.1 Å². The van der Waals surface area contributed by atoms with E-state index in [1.54, 1.807) is 45.0 Å². The maximum absolute atomic E-state index is 12.4. The number of hydrogen-bond donors (Lipinski definition) is 4. The molecule has 0 fully saturated rings. The molecule has 0 aliphatic heterocycles. The molecule has 0 radical (unpaired) electrons. The highest BCUT2D eigenvalue weighted by Crippen LogP contribution is 2.18. The normalized spacial score (nSPS) is 11.5. The lowest BCUT2D eigenvalue weighted by Crippen LogP contribution is -2.34. The SMILES string of the molecule is CCCC(=O)Nc1ccc(S(=O)(=O)NCCNC(=O)c2ccc(NC(=O)C(C)(C)C)cc2)cc1. The van der Waals surface area contributed by atoms with Gasteiger partial charge in [-0.15, -0.1) is 0 Å². The van der Waals surface area contributed by atoms with Crippen LogP contribution in [-0.4, -0.2) is 39.2 Å². The van der Waals surface area contributed by atoms with Crippen LogP contribution in [-0.2, 0) is 19.6 Å². The number of rotatable bonds is 10. The van der Waals surface area contributed by atoms with Crippen molar-refractivity contribution in [1.29, 1.82) is 0 Å². The van der Waals surface area contributed by atoms with Crippen molar-refractivity contribution in [3.8, 4) is 0 Å². The van der Waals surface area contributed by atoms with E-state index in [1.807, 2.05) is 6.92 Å². The summed E-state index contributed by atoms with van der Waals surface area (Å²) in [6.45, 7) is 7.41. The standard InChI is InChI=1S/C24H32N4O5S/c1-5-6-21(29)27-18-11-13-20(14-12-18)34(32,33)26-16-15-25-22(30)17-7-9-19(10-8-17)28-23(31)24(2,3)4/h7-14,26H,5-6,15-16H2,1-4H3,(H,25,30)(H,27,29)(H,28,31). The summed E-state index contributed by atoms with van der Waals surface area (Å²) in [5.41, 5.74) is 0.960. The van der Waals surface area contributed by atoms with E-state index in [0.29, 0.717) is 23.4 Å². The Morgan fingerprint density at radius 2 is 1.38 bits per heavy atom. The zero-order chi connectivity index (χ0) is 25.4. The fourth-order valence-electron chi connectivity index (χ4n) is 2.74. The molecule has 0 saturated heterocycles. The molecule has 2 aromatic carbocycles. The molecular formula is C24H32N4O5S. The second kappa shape index (κ2) is 11.8. The van der Waals surface area contributed by atoms with Gasteiger partial charge >= 0.3 is 0 Å². The Morgan fingerprint density at radius 1 is 0.824 bits per heavy atom. The molecule has 0 atom stereocenters. The summed E-state index contributed by atoms with van der Waals surface area (Å²) < 4.78 is 27.3. The molecule has 0 unspecified atom stereocenters. The summed E-state index contributed by atoms with van der Waals surface area (Å²) in [6, 6.07) is 12.3. The number of anilines is 2. The van der Waals surface area contributed by atoms with Crippen LogP contribution >= 0.6 is 0 Å². The Bertz CT molecular complexity index is 1110. The van der Waals surface area contributed by atoms with E-state index in [-0.39, 0.29) is 35.7 Å². The zero-order valence-electron chi connectivity index (χ0n) is 19.9. The number of benzene rings is 2. The Hall–Kier alpha value is -3.24. The summed E-state index contributed by atoms with van der Waals surface area (Å²) in [5, 5.41) is 8.13. The van der Waals surface area contributed by atoms with Gasteiger partial charge in [-0.05, 0) is 55.0 Å². The average molecular weight is 489 g/mol. The minimum Gasteiger partial charge on any atom is -0.351 e. The molecule has 0 aromatic heterocycles. The molecule has 3 amide bonds. The third kappa shape index (κ3) is 8.27. The van der Waals surface area contributed by atoms with E-state index >= 15 is 0 Å². The highest BCUT2D eigenvalue weighted by molar-refractivity contribution is 7.89. The van der Waals surface area contributed by atoms with Crippen molar-refractivity contribution in [1.82, 2.24) is 10.0 Å². The number of sulfonamides is 1. The third-order valence-electron chi connectivity index (χ3n) is 4.71. The molecule has 0 spiro atoms. The second-order valence-corrected chi connectivity index (χ2v) is 10.5. The third-order valence-corrected chi connectivity index (χ3v) is 6.19. The quantitative estimate of drug-likeness (QED) is 0.381. The predicted octanol–water partition coefficient (Wildman–Crippen LogP) is 3.12. The van der Waals surface area contributed by atoms with Crippen LogP contribution in [0.2, 0.25) is 0 Å². The Morgan fingerprint density at radius 3 is 1.94 bits per heavy atom. The van der Waals surface area contributed by atoms with E-state index in [9.17, 15) is 22.8 Å². The number of carbonyl (C=O) groups is 3. The van der Waals surface area contributed by atoms with Gasteiger partial charge in [-0.3, -0.25) is 14.4 Å². The monoisotopic (exact) mass is 488 g/mol. The molecule has 2 rings (SSSR count). The lowest BCUT2D eigenvalue weighted by molar-refractivity contribution is -0.123. The van der Waals surface area contributed by atoms with Crippen LogP contribution in [0.15, 0.2) is 53.4 Å². The molecule has 184 valence electrons. The van der Waals surface area contributed by atoms with E-state index in [1.165, 1.54) is 24.3 Å². The minimum atomic E-state index is -3.76. The van der Waals surface area contributed by atoms with Crippen molar-refractivity contribution < 1.29 is 22.8 Å². The molecule has 10 heteroatoms. The van der Waals surface area contributed by atoms with Crippen molar-refractivity contribution in [2.24, 2.45) is 5.41 Å². The lowest BCUT2D eigenvalue weighted by Gasteiger charge is -2.17. The molecule has 4 N–H and O–H groups in total. The summed E-state index contributed by atoms with van der Waals surface area (Å²) in [7, 11) is -3.76. The van der Waals surface area contributed by atoms with Crippen molar-refractivity contribution in [2.45, 2.75) is 45.4 Å². The first kappa shape index (κ1) is 27.0. The van der Waals surface area contributed by atoms with Crippen LogP contribution in [0.5, 0.6) is 0 Å². The van der Waals surface area contributed by atoms with E-state index in [2.05, 4.69) is 20.7 Å². The highest BCUT2D eigenvalue weighted by atomic mass is 32.2. The number of nitrogens with one attached hydrogen (secondary N) is 4. The van der Waals surface area contributed by atoms with Crippen molar-refractivity contribution in [3.63, 3.8) is 0 Å². The van der Waals surface area contributed by atoms with Crippen LogP contribution < -0.4 is 20.7 Å². The van der Waals surface area contributed by atoms with Gasteiger partial charge in [0.15, 0.2) is 0 Å². The average Bonchev–Trinajstić information content (AvgIpc) is 2.77. The first-order chi connectivity index (χ1) is 15.9. The molecule has 9 nitrogen and oxygen atoms in total. The van der Waals surface area contributed by atoms with Crippen LogP contribution in [0.3, 0.4) is 0 Å². The minimum absolute atomic E-state index is 0.00276. The highest BCUT2D eigenvalue weighted by Gasteiger charge is 2.21. The van der Waals surface area contributed by atoms with Crippen molar-refractivity contribution in [2.75, 3.05) is 23.7 Å². The van der Waals surface area contributed by atoms with E-state index in [4.69, 9.17) is 0 Å². The molecule has 2 aromatic rings. The summed E-state index contributed by atoms with van der Waals surface area (Å²) in [6.07, 6.45) is 1.12. The van der Waals surface area contributed by atoms with Crippen LogP contribution in [0, 0.1) is 5.41 Å². The Balaban J connectivity index is 1.82. The van der Waals surface area contributed by atoms with Gasteiger partial charge in [0.1, 0.15) is 0 Å². The van der Waals surface area contributed by atoms with Gasteiger partial charge in [0.25, 0.3) is 5.91 Å². The summed E-state index contributed by atoms with van der Waals surface area (Å²) in [4.78, 5) is 36.0. The zero-order valence-corrected chi connectivity index (χ0v) is 20.7. The fourth-order valence-corrected chi connectivity index (χ4v) is 3.77. The molecule has 0 aliphatic rings. The van der Waals surface area contributed by atoms with Crippen LogP contribution in [0.4, 0.5) is 11.4 Å². The van der Waals surface area contributed by atoms with Crippen molar-refractivity contribution in [3.05, 3.63) is 54.1 Å². The van der Waals surface area contributed by atoms with Crippen LogP contribution in [0.1, 0.15) is 50.9 Å². The summed E-state index contributed by atoms with van der Waals surface area (Å²) in [5.74, 6) is -0.621. The van der Waals surface area contributed by atoms with Gasteiger partial charge in [0, 0.05) is 41.9 Å². The Kier molecular flexibility index (Phi) is 9.34. The van der Waals surface area contributed by atoms with Crippen molar-refractivity contribution >= 4 is 39.1 Å². The topological polar surface area (TPSA) is 133 Å². The van der Waals surface area contributed by atoms with E-state index in [0.717, 1.165) is 6.42 Å². The molecular weight excluding hydrogens is 456 g/mol. The largest absolute Gasteiger partial charge is 0.351 e. The first-order valence-corrected chi connectivity index (χ1v) is 12.5. The Labute approximate surface area is 200 Å². The second-order valence-electron chi connectivity index (χ2n) is 8.76. The van der Waals surface area contributed by atoms with E-state index < -0.39 is 15.4 Å². The van der Waals surface area contributed by atoms with Gasteiger partial charge < -0.3 is 16.0 Å². The molecule has 34 heavy (non-hydrogen) atoms. The van der Waals surface area contributed by atoms with Gasteiger partial charge in [0.05, 0.1) is 4.90 Å². The number of hydrogen-bond acceptors (Lipinski definition) is 5. The molecule has 0 heterocycles. The first-order valence-electron chi connectivity index (χ1n) is 11.0. The van der Waals surface area contributed by atoms with Gasteiger partial charge in [0.2, 0.25) is 21.8 Å². The smallest absolute Gasteiger partial charge is 0.251 e. The van der Waals surface area contributed by atoms with Crippen LogP contribution in [0.25, 0.3) is 0 Å². The maximum atomic E-state index is 12.4. The number of carbonyl (C=O) groups excluding carboxylic acids is 3. The van der Waals surface area contributed by atoms with Gasteiger partial charge in [-0.2, -0.15) is 0 Å². The fraction of sp³-hybridized carbons (Fsp3) is 0.375. The number of amides is 3. The predicted molar refractivity (Wildman–Crippen MR) is 132 cm³/mol. The summed E-state index contributed by atoms with van der Waals surface area (Å²) >= 11 is 0. The lowest BCUT2D eigenvalue weighted by atomic mass is 9.95. The maximum Gasteiger partial charge on any atom is 0.251 e.